The van der Waals surface area contributed by atoms with E-state index in [1.165, 1.54) is 0 Å². The number of likely N-dealkylation sites (tertiary alicyclic amines) is 1. The highest BCUT2D eigenvalue weighted by molar-refractivity contribution is 5.90. The molecule has 0 unspecified atom stereocenters. The van der Waals surface area contributed by atoms with Crippen molar-refractivity contribution in [3.63, 3.8) is 0 Å². The fraction of sp³-hybridized carbons (Fsp3) is 0.333. The normalized spacial score (nSPS) is 17.0. The molecule has 2 amide bonds. The maximum absolute atomic E-state index is 12.9. The highest BCUT2D eigenvalue weighted by Crippen LogP contribution is 2.34. The number of anilines is 1. The van der Waals surface area contributed by atoms with E-state index in [4.69, 9.17) is 4.98 Å². The van der Waals surface area contributed by atoms with Crippen LogP contribution in [0.4, 0.5) is 10.5 Å². The van der Waals surface area contributed by atoms with E-state index in [2.05, 4.69) is 22.9 Å². The Labute approximate surface area is 153 Å². The molecular weight excluding hydrogens is 324 g/mol. The summed E-state index contributed by atoms with van der Waals surface area (Å²) in [5.74, 6) is 0.992. The number of nitrogens with zero attached hydrogens (tertiary/aromatic N) is 3. The minimum absolute atomic E-state index is 0.0198. The van der Waals surface area contributed by atoms with Gasteiger partial charge in [-0.05, 0) is 50.5 Å². The molecule has 26 heavy (non-hydrogen) atoms. The van der Waals surface area contributed by atoms with E-state index in [0.29, 0.717) is 0 Å². The van der Waals surface area contributed by atoms with Crippen molar-refractivity contribution >= 4 is 22.8 Å². The molecule has 1 aromatic heterocycles. The number of urea groups is 1. The second-order valence-corrected chi connectivity index (χ2v) is 6.80. The predicted octanol–water partition coefficient (Wildman–Crippen LogP) is 4.73. The topological polar surface area (TPSA) is 50.2 Å². The van der Waals surface area contributed by atoms with Gasteiger partial charge in [0.25, 0.3) is 0 Å². The number of imidazole rings is 1. The first-order valence-electron chi connectivity index (χ1n) is 9.27. The molecule has 5 heteroatoms. The molecule has 1 saturated heterocycles. The minimum Gasteiger partial charge on any atom is -0.327 e. The van der Waals surface area contributed by atoms with Crippen LogP contribution in [-0.4, -0.2) is 27.0 Å². The lowest BCUT2D eigenvalue weighted by molar-refractivity contribution is 0.204. The smallest absolute Gasteiger partial charge is 0.322 e. The van der Waals surface area contributed by atoms with Gasteiger partial charge in [0.1, 0.15) is 5.82 Å². The summed E-state index contributed by atoms with van der Waals surface area (Å²) in [5, 5.41) is 3.07. The molecule has 134 valence electrons. The summed E-state index contributed by atoms with van der Waals surface area (Å²) < 4.78 is 2.24. The van der Waals surface area contributed by atoms with Gasteiger partial charge in [-0.3, -0.25) is 0 Å². The zero-order valence-electron chi connectivity index (χ0n) is 15.3. The molecule has 5 nitrogen and oxygen atoms in total. The third-order valence-corrected chi connectivity index (χ3v) is 5.20. The van der Waals surface area contributed by atoms with E-state index in [9.17, 15) is 4.79 Å². The molecule has 3 aromatic rings. The van der Waals surface area contributed by atoms with Crippen LogP contribution in [-0.2, 0) is 6.54 Å². The van der Waals surface area contributed by atoms with Crippen LogP contribution in [0, 0.1) is 6.92 Å². The number of hydrogen-bond donors (Lipinski definition) is 1. The quantitative estimate of drug-likeness (QED) is 0.743. The van der Waals surface area contributed by atoms with Crippen LogP contribution in [0.25, 0.3) is 11.0 Å². The second kappa shape index (κ2) is 6.83. The van der Waals surface area contributed by atoms with Crippen molar-refractivity contribution in [1.82, 2.24) is 14.5 Å². The summed E-state index contributed by atoms with van der Waals surface area (Å²) in [6, 6.07) is 16.0. The second-order valence-electron chi connectivity index (χ2n) is 6.80. The van der Waals surface area contributed by atoms with Crippen LogP contribution in [0.15, 0.2) is 48.5 Å². The molecule has 0 saturated carbocycles. The number of amides is 2. The first kappa shape index (κ1) is 16.6. The number of aryl methyl sites for hydroxylation is 2. The minimum atomic E-state index is -0.0449. The molecule has 1 N–H and O–H groups in total. The number of carbonyl (C=O) groups is 1. The number of benzene rings is 2. The van der Waals surface area contributed by atoms with Crippen LogP contribution in [0.1, 0.15) is 37.2 Å². The molecule has 2 aromatic carbocycles. The standard InChI is InChI=1S/C21H24N4O/c1-3-24-18-12-7-6-11-17(18)22-20(24)19-13-8-14-25(19)21(26)23-16-10-5-4-9-15(16)2/h4-7,9-12,19H,3,8,13-14H2,1-2H3,(H,23,26)/t19-/m0/s1. The molecule has 0 radical (unpaired) electrons. The van der Waals surface area contributed by atoms with Crippen molar-refractivity contribution in [2.24, 2.45) is 0 Å². The fourth-order valence-electron chi connectivity index (χ4n) is 3.86. The third kappa shape index (κ3) is 2.83. The highest BCUT2D eigenvalue weighted by atomic mass is 16.2. The van der Waals surface area contributed by atoms with Crippen molar-refractivity contribution in [3.05, 3.63) is 59.9 Å². The van der Waals surface area contributed by atoms with Gasteiger partial charge in [0, 0.05) is 18.8 Å². The maximum Gasteiger partial charge on any atom is 0.322 e. The third-order valence-electron chi connectivity index (χ3n) is 5.20. The number of aromatic nitrogens is 2. The van der Waals surface area contributed by atoms with Crippen molar-refractivity contribution in [2.75, 3.05) is 11.9 Å². The molecule has 4 rings (SSSR count). The zero-order chi connectivity index (χ0) is 18.1. The monoisotopic (exact) mass is 348 g/mol. The van der Waals surface area contributed by atoms with E-state index < -0.39 is 0 Å². The van der Waals surface area contributed by atoms with Gasteiger partial charge in [-0.15, -0.1) is 0 Å². The average Bonchev–Trinajstić information content (AvgIpc) is 3.27. The molecule has 0 aliphatic carbocycles. The van der Waals surface area contributed by atoms with Gasteiger partial charge in [0.15, 0.2) is 0 Å². The Balaban J connectivity index is 1.65. The van der Waals surface area contributed by atoms with Crippen molar-refractivity contribution in [3.8, 4) is 0 Å². The number of fused-ring (bicyclic) bond motifs is 1. The van der Waals surface area contributed by atoms with Crippen LogP contribution in [0.3, 0.4) is 0 Å². The largest absolute Gasteiger partial charge is 0.327 e. The summed E-state index contributed by atoms with van der Waals surface area (Å²) in [6.45, 7) is 5.74. The van der Waals surface area contributed by atoms with E-state index >= 15 is 0 Å². The van der Waals surface area contributed by atoms with Gasteiger partial charge in [0.2, 0.25) is 0 Å². The van der Waals surface area contributed by atoms with Crippen molar-refractivity contribution < 1.29 is 4.79 Å². The average molecular weight is 348 g/mol. The first-order valence-corrected chi connectivity index (χ1v) is 9.27. The van der Waals surface area contributed by atoms with Crippen LogP contribution >= 0.6 is 0 Å². The number of carbonyl (C=O) groups excluding carboxylic acids is 1. The molecule has 0 bridgehead atoms. The summed E-state index contributed by atoms with van der Waals surface area (Å²) in [4.78, 5) is 19.7. The Morgan fingerprint density at radius 2 is 1.96 bits per heavy atom. The number of para-hydroxylation sites is 3. The van der Waals surface area contributed by atoms with Crippen LogP contribution in [0.2, 0.25) is 0 Å². The number of nitrogens with one attached hydrogen (secondary N) is 1. The van der Waals surface area contributed by atoms with Gasteiger partial charge >= 0.3 is 6.03 Å². The summed E-state index contributed by atoms with van der Waals surface area (Å²) in [7, 11) is 0. The highest BCUT2D eigenvalue weighted by Gasteiger charge is 2.33. The van der Waals surface area contributed by atoms with Crippen molar-refractivity contribution in [1.29, 1.82) is 0 Å². The Hall–Kier alpha value is -2.82. The Morgan fingerprint density at radius 1 is 1.19 bits per heavy atom. The lowest BCUT2D eigenvalue weighted by Crippen LogP contribution is -2.35. The molecule has 2 heterocycles. The lowest BCUT2D eigenvalue weighted by atomic mass is 10.2. The summed E-state index contributed by atoms with van der Waals surface area (Å²) in [6.07, 6.45) is 1.95. The molecule has 1 fully saturated rings. The Bertz CT molecular complexity index is 946. The van der Waals surface area contributed by atoms with Gasteiger partial charge in [-0.25, -0.2) is 9.78 Å². The van der Waals surface area contributed by atoms with Crippen LogP contribution in [0.5, 0.6) is 0 Å². The fourth-order valence-corrected chi connectivity index (χ4v) is 3.86. The van der Waals surface area contributed by atoms with Gasteiger partial charge in [0.05, 0.1) is 17.1 Å². The van der Waals surface area contributed by atoms with Crippen LogP contribution < -0.4 is 5.32 Å². The molecule has 0 spiro atoms. The molecule has 1 atom stereocenters. The molecule has 1 aliphatic rings. The number of rotatable bonds is 3. The summed E-state index contributed by atoms with van der Waals surface area (Å²) in [5.41, 5.74) is 4.07. The van der Waals surface area contributed by atoms with Gasteiger partial charge in [-0.2, -0.15) is 0 Å². The van der Waals surface area contributed by atoms with E-state index in [0.717, 1.165) is 54.0 Å². The van der Waals surface area contributed by atoms with E-state index in [-0.39, 0.29) is 12.1 Å². The van der Waals surface area contributed by atoms with Gasteiger partial charge < -0.3 is 14.8 Å². The molecular formula is C21H24N4O. The molecule has 1 aliphatic heterocycles. The van der Waals surface area contributed by atoms with E-state index in [1.54, 1.807) is 0 Å². The first-order chi connectivity index (χ1) is 12.7. The SMILES string of the molecule is CCn1c([C@@H]2CCCN2C(=O)Nc2ccccc2C)nc2ccccc21. The predicted molar refractivity (Wildman–Crippen MR) is 104 cm³/mol. The van der Waals surface area contributed by atoms with E-state index in [1.807, 2.05) is 54.3 Å². The van der Waals surface area contributed by atoms with Crippen molar-refractivity contribution in [2.45, 2.75) is 39.3 Å². The lowest BCUT2D eigenvalue weighted by Gasteiger charge is -2.25. The maximum atomic E-state index is 12.9. The Morgan fingerprint density at radius 3 is 2.77 bits per heavy atom. The number of hydrogen-bond acceptors (Lipinski definition) is 2. The van der Waals surface area contributed by atoms with Gasteiger partial charge in [-0.1, -0.05) is 30.3 Å². The Kier molecular flexibility index (Phi) is 4.37. The summed E-state index contributed by atoms with van der Waals surface area (Å²) >= 11 is 0. The zero-order valence-corrected chi connectivity index (χ0v) is 15.3.